The number of hydrogen-bond donors (Lipinski definition) is 2. The van der Waals surface area contributed by atoms with Crippen molar-refractivity contribution in [3.63, 3.8) is 0 Å². The largest absolute Gasteiger partial charge is 0.396 e. The minimum atomic E-state index is 0.0155. The molecule has 0 aromatic rings. The van der Waals surface area contributed by atoms with Gasteiger partial charge in [0.15, 0.2) is 0 Å². The van der Waals surface area contributed by atoms with Crippen LogP contribution in [0.5, 0.6) is 0 Å². The molecule has 5 heteroatoms. The average Bonchev–Trinajstić information content (AvgIpc) is 2.94. The predicted octanol–water partition coefficient (Wildman–Crippen LogP) is -0.0800. The first kappa shape index (κ1) is 14.8. The monoisotopic (exact) mass is 270 g/mol. The third kappa shape index (κ3) is 3.27. The van der Waals surface area contributed by atoms with Crippen molar-refractivity contribution in [3.8, 4) is 0 Å². The van der Waals surface area contributed by atoms with Crippen molar-refractivity contribution in [3.05, 3.63) is 0 Å². The number of rotatable bonds is 4. The van der Waals surface area contributed by atoms with Gasteiger partial charge in [-0.15, -0.1) is 0 Å². The maximum absolute atomic E-state index is 12.6. The van der Waals surface area contributed by atoms with Crippen LogP contribution >= 0.6 is 0 Å². The number of likely N-dealkylation sites (N-methyl/N-ethyl adjacent to an activating group) is 1. The van der Waals surface area contributed by atoms with E-state index < -0.39 is 0 Å². The summed E-state index contributed by atoms with van der Waals surface area (Å²) in [5, 5.41) is 18.7. The smallest absolute Gasteiger partial charge is 0.239 e. The molecule has 0 aliphatic carbocycles. The Balaban J connectivity index is 2.00. The van der Waals surface area contributed by atoms with E-state index in [0.717, 1.165) is 32.4 Å². The molecule has 2 aliphatic heterocycles. The topological polar surface area (TPSA) is 64.0 Å². The van der Waals surface area contributed by atoms with E-state index in [0.29, 0.717) is 13.1 Å². The quantitative estimate of drug-likeness (QED) is 0.750. The van der Waals surface area contributed by atoms with Gasteiger partial charge in [-0.25, -0.2) is 0 Å². The summed E-state index contributed by atoms with van der Waals surface area (Å²) in [6.07, 6.45) is 2.85. The lowest BCUT2D eigenvalue weighted by molar-refractivity contribution is -0.139. The number of nitrogens with zero attached hydrogens (tertiary/aromatic N) is 2. The van der Waals surface area contributed by atoms with Crippen molar-refractivity contribution in [2.24, 2.45) is 11.8 Å². The highest BCUT2D eigenvalue weighted by Crippen LogP contribution is 2.25. The maximum atomic E-state index is 12.6. The van der Waals surface area contributed by atoms with E-state index in [9.17, 15) is 15.0 Å². The minimum Gasteiger partial charge on any atom is -0.396 e. The van der Waals surface area contributed by atoms with Crippen LogP contribution in [0.15, 0.2) is 0 Å². The molecule has 0 unspecified atom stereocenters. The van der Waals surface area contributed by atoms with Crippen LogP contribution in [0, 0.1) is 11.8 Å². The van der Waals surface area contributed by atoms with Crippen LogP contribution in [0.4, 0.5) is 0 Å². The summed E-state index contributed by atoms with van der Waals surface area (Å²) in [5.41, 5.74) is 0. The average molecular weight is 270 g/mol. The molecule has 19 heavy (non-hydrogen) atoms. The Bertz CT molecular complexity index is 299. The molecule has 0 aromatic carbocycles. The standard InChI is InChI=1S/C14H26N2O3/c1-2-15-5-3-4-13(15)14(19)16-7-11(9-17)6-12(8-16)10-18/h11-13,17-18H,2-10H2,1H3/t11-,12+,13-/m0/s1. The van der Waals surface area contributed by atoms with Crippen molar-refractivity contribution < 1.29 is 15.0 Å². The van der Waals surface area contributed by atoms with Crippen molar-refractivity contribution in [1.82, 2.24) is 9.80 Å². The van der Waals surface area contributed by atoms with Crippen LogP contribution in [0.2, 0.25) is 0 Å². The lowest BCUT2D eigenvalue weighted by Gasteiger charge is -2.39. The van der Waals surface area contributed by atoms with Crippen LogP contribution in [-0.2, 0) is 4.79 Å². The van der Waals surface area contributed by atoms with Gasteiger partial charge in [0.25, 0.3) is 0 Å². The second-order valence-corrected chi connectivity index (χ2v) is 5.86. The molecule has 0 aromatic heterocycles. The van der Waals surface area contributed by atoms with Gasteiger partial charge in [-0.2, -0.15) is 0 Å². The molecule has 5 nitrogen and oxygen atoms in total. The fourth-order valence-corrected chi connectivity index (χ4v) is 3.46. The van der Waals surface area contributed by atoms with Gasteiger partial charge in [0.1, 0.15) is 0 Å². The van der Waals surface area contributed by atoms with Gasteiger partial charge in [-0.3, -0.25) is 9.69 Å². The van der Waals surface area contributed by atoms with Crippen molar-refractivity contribution >= 4 is 5.91 Å². The van der Waals surface area contributed by atoms with Gasteiger partial charge in [0.2, 0.25) is 5.91 Å². The number of aliphatic hydroxyl groups is 2. The number of likely N-dealkylation sites (tertiary alicyclic amines) is 2. The van der Waals surface area contributed by atoms with Crippen LogP contribution in [0.3, 0.4) is 0 Å². The second kappa shape index (κ2) is 6.68. The van der Waals surface area contributed by atoms with E-state index in [4.69, 9.17) is 0 Å². The van der Waals surface area contributed by atoms with E-state index >= 15 is 0 Å². The molecule has 0 saturated carbocycles. The minimum absolute atomic E-state index is 0.0155. The molecule has 2 N–H and O–H groups in total. The van der Waals surface area contributed by atoms with Gasteiger partial charge < -0.3 is 15.1 Å². The fraction of sp³-hybridized carbons (Fsp3) is 0.929. The zero-order valence-electron chi connectivity index (χ0n) is 11.8. The lowest BCUT2D eigenvalue weighted by atomic mass is 9.89. The molecule has 0 spiro atoms. The van der Waals surface area contributed by atoms with E-state index in [2.05, 4.69) is 11.8 Å². The highest BCUT2D eigenvalue weighted by atomic mass is 16.3. The first-order valence-electron chi connectivity index (χ1n) is 7.44. The number of carbonyl (C=O) groups is 1. The molecule has 2 fully saturated rings. The van der Waals surface area contributed by atoms with Gasteiger partial charge >= 0.3 is 0 Å². The highest BCUT2D eigenvalue weighted by molar-refractivity contribution is 5.82. The predicted molar refractivity (Wildman–Crippen MR) is 72.6 cm³/mol. The first-order chi connectivity index (χ1) is 9.19. The summed E-state index contributed by atoms with van der Waals surface area (Å²) in [5.74, 6) is 0.425. The van der Waals surface area contributed by atoms with Crippen LogP contribution in [0.25, 0.3) is 0 Å². The highest BCUT2D eigenvalue weighted by Gasteiger charge is 2.36. The summed E-state index contributed by atoms with van der Waals surface area (Å²) < 4.78 is 0. The number of piperidine rings is 1. The van der Waals surface area contributed by atoms with Crippen molar-refractivity contribution in [2.45, 2.75) is 32.2 Å². The second-order valence-electron chi connectivity index (χ2n) is 5.86. The molecule has 110 valence electrons. The Hall–Kier alpha value is -0.650. The first-order valence-corrected chi connectivity index (χ1v) is 7.44. The fourth-order valence-electron chi connectivity index (χ4n) is 3.46. The summed E-state index contributed by atoms with van der Waals surface area (Å²) in [6, 6.07) is 0.0155. The maximum Gasteiger partial charge on any atom is 0.239 e. The Kier molecular flexibility index (Phi) is 5.19. The molecule has 0 bridgehead atoms. The summed E-state index contributed by atoms with van der Waals surface area (Å²) >= 11 is 0. The summed E-state index contributed by atoms with van der Waals surface area (Å²) in [4.78, 5) is 16.7. The van der Waals surface area contributed by atoms with Crippen LogP contribution < -0.4 is 0 Å². The zero-order chi connectivity index (χ0) is 13.8. The molecule has 3 atom stereocenters. The number of carbonyl (C=O) groups excluding carboxylic acids is 1. The van der Waals surface area contributed by atoms with Crippen LogP contribution in [0.1, 0.15) is 26.2 Å². The normalized spacial score (nSPS) is 32.8. The van der Waals surface area contributed by atoms with Crippen molar-refractivity contribution in [2.75, 3.05) is 39.4 Å². The Morgan fingerprint density at radius 3 is 2.37 bits per heavy atom. The van der Waals surface area contributed by atoms with E-state index in [1.807, 2.05) is 4.90 Å². The van der Waals surface area contributed by atoms with Gasteiger partial charge in [0.05, 0.1) is 6.04 Å². The third-order valence-corrected chi connectivity index (χ3v) is 4.51. The zero-order valence-corrected chi connectivity index (χ0v) is 11.8. The molecular weight excluding hydrogens is 244 g/mol. The summed E-state index contributed by atoms with van der Waals surface area (Å²) in [6.45, 7) is 5.49. The Morgan fingerprint density at radius 2 is 1.84 bits per heavy atom. The van der Waals surface area contributed by atoms with E-state index in [-0.39, 0.29) is 37.0 Å². The molecular formula is C14H26N2O3. The molecule has 2 heterocycles. The molecule has 1 amide bonds. The number of aliphatic hydroxyl groups excluding tert-OH is 2. The molecule has 2 aliphatic rings. The summed E-state index contributed by atoms with van der Waals surface area (Å²) in [7, 11) is 0. The SMILES string of the molecule is CCN1CCC[C@H]1C(=O)N1C[C@H](CO)C[C@H](CO)C1. The lowest BCUT2D eigenvalue weighted by Crippen LogP contribution is -2.52. The van der Waals surface area contributed by atoms with Gasteiger partial charge in [-0.1, -0.05) is 6.92 Å². The molecule has 2 saturated heterocycles. The number of amides is 1. The Labute approximate surface area is 115 Å². The van der Waals surface area contributed by atoms with Crippen LogP contribution in [-0.4, -0.2) is 71.4 Å². The molecule has 0 radical (unpaired) electrons. The number of hydrogen-bond acceptors (Lipinski definition) is 4. The van der Waals surface area contributed by atoms with E-state index in [1.165, 1.54) is 0 Å². The van der Waals surface area contributed by atoms with Gasteiger partial charge in [-0.05, 0) is 32.4 Å². The van der Waals surface area contributed by atoms with E-state index in [1.54, 1.807) is 0 Å². The van der Waals surface area contributed by atoms with Gasteiger partial charge in [0, 0.05) is 38.1 Å². The van der Waals surface area contributed by atoms with Crippen molar-refractivity contribution in [1.29, 1.82) is 0 Å². The Morgan fingerprint density at radius 1 is 1.21 bits per heavy atom. The molecule has 2 rings (SSSR count). The third-order valence-electron chi connectivity index (χ3n) is 4.51.